The van der Waals surface area contributed by atoms with Gasteiger partial charge in [0, 0.05) is 5.92 Å². The number of allylic oxidation sites excluding steroid dienone is 2. The molecule has 0 amide bonds. The van der Waals surface area contributed by atoms with Crippen LogP contribution in [0.3, 0.4) is 0 Å². The van der Waals surface area contributed by atoms with Crippen LogP contribution in [-0.4, -0.2) is 0 Å². The standard InChI is InChI=1S/C24H18/c1-2-4-12-11(3-1)13-5-9-7-15-17(9)22-20(13)21-14(12)6-10-8-16-18(10)23(21)24(22)19(15)16/h1-2,5-6,11-12,15-16,19,24H,3-4,7-8H2. The Balaban J connectivity index is 1.56. The fourth-order valence-electron chi connectivity index (χ4n) is 8.45. The second-order valence-electron chi connectivity index (χ2n) is 9.49. The molecule has 0 aromatic heterocycles. The number of hydrogen-bond acceptors (Lipinski definition) is 0. The van der Waals surface area contributed by atoms with Gasteiger partial charge in [-0.3, -0.25) is 0 Å². The minimum atomic E-state index is 0.761. The van der Waals surface area contributed by atoms with Gasteiger partial charge in [0.1, 0.15) is 0 Å². The Labute approximate surface area is 141 Å². The molecule has 4 unspecified atom stereocenters. The molecule has 0 heteroatoms. The molecule has 0 N–H and O–H groups in total. The van der Waals surface area contributed by atoms with Gasteiger partial charge >= 0.3 is 0 Å². The molecule has 7 aliphatic rings. The first-order chi connectivity index (χ1) is 11.9. The molecule has 114 valence electrons. The van der Waals surface area contributed by atoms with Gasteiger partial charge in [0.05, 0.1) is 0 Å². The molecule has 0 saturated carbocycles. The third-order valence-corrected chi connectivity index (χ3v) is 9.09. The first kappa shape index (κ1) is 10.9. The minimum Gasteiger partial charge on any atom is -0.0879 e. The van der Waals surface area contributed by atoms with Crippen LogP contribution in [0.15, 0.2) is 24.3 Å². The molecule has 4 atom stereocenters. The summed E-state index contributed by atoms with van der Waals surface area (Å²) >= 11 is 0. The summed E-state index contributed by atoms with van der Waals surface area (Å²) in [5.41, 5.74) is 17.9. The number of fused-ring (bicyclic) bond motifs is 5. The Morgan fingerprint density at radius 2 is 1.17 bits per heavy atom. The van der Waals surface area contributed by atoms with Crippen molar-refractivity contribution in [3.05, 3.63) is 68.8 Å². The lowest BCUT2D eigenvalue weighted by atomic mass is 9.64. The molecule has 0 spiro atoms. The average molecular weight is 306 g/mol. The van der Waals surface area contributed by atoms with Crippen LogP contribution >= 0.6 is 0 Å². The molecule has 0 aliphatic heterocycles. The van der Waals surface area contributed by atoms with Gasteiger partial charge in [0.2, 0.25) is 0 Å². The van der Waals surface area contributed by atoms with E-state index in [0.29, 0.717) is 0 Å². The molecule has 0 nitrogen and oxygen atoms in total. The lowest BCUT2D eigenvalue weighted by Gasteiger charge is -2.39. The van der Waals surface area contributed by atoms with E-state index < -0.39 is 0 Å². The first-order valence-electron chi connectivity index (χ1n) is 9.96. The fraction of sp³-hybridized carbons (Fsp3) is 0.417. The second kappa shape index (κ2) is 2.94. The van der Waals surface area contributed by atoms with Gasteiger partial charge in [-0.05, 0) is 111 Å². The van der Waals surface area contributed by atoms with Crippen LogP contribution in [0, 0.1) is 5.92 Å². The SMILES string of the molecule is C1=CCC2c3cc4c5c6c3-c3c(cc7c8c3C6C(C8C7)C5C4)C2C1. The summed E-state index contributed by atoms with van der Waals surface area (Å²) in [6, 6.07) is 5.34. The van der Waals surface area contributed by atoms with Crippen LogP contribution in [0.4, 0.5) is 0 Å². The summed E-state index contributed by atoms with van der Waals surface area (Å²) in [5, 5.41) is 0. The highest BCUT2D eigenvalue weighted by Gasteiger charge is 2.63. The van der Waals surface area contributed by atoms with Gasteiger partial charge < -0.3 is 0 Å². The summed E-state index contributed by atoms with van der Waals surface area (Å²) in [7, 11) is 0. The smallest absolute Gasteiger partial charge is 0.0148 e. The molecule has 0 fully saturated rings. The van der Waals surface area contributed by atoms with E-state index >= 15 is 0 Å². The molecule has 9 rings (SSSR count). The summed E-state index contributed by atoms with van der Waals surface area (Å²) in [5.74, 6) is 5.16. The van der Waals surface area contributed by atoms with Crippen LogP contribution in [0.5, 0.6) is 0 Å². The second-order valence-corrected chi connectivity index (χ2v) is 9.49. The zero-order valence-electron chi connectivity index (χ0n) is 13.6. The van der Waals surface area contributed by atoms with Crippen molar-refractivity contribution in [1.82, 2.24) is 0 Å². The van der Waals surface area contributed by atoms with Crippen LogP contribution < -0.4 is 0 Å². The van der Waals surface area contributed by atoms with E-state index in [2.05, 4.69) is 24.3 Å². The third-order valence-electron chi connectivity index (χ3n) is 9.09. The van der Waals surface area contributed by atoms with Crippen molar-refractivity contribution in [2.75, 3.05) is 0 Å². The average Bonchev–Trinajstić information content (AvgIpc) is 3.14. The molecule has 2 aromatic carbocycles. The third kappa shape index (κ3) is 0.786. The summed E-state index contributed by atoms with van der Waals surface area (Å²) in [6.07, 6.45) is 10.2. The van der Waals surface area contributed by atoms with Crippen molar-refractivity contribution in [1.29, 1.82) is 0 Å². The van der Waals surface area contributed by atoms with Crippen molar-refractivity contribution in [3.8, 4) is 11.1 Å². The fourth-order valence-corrected chi connectivity index (χ4v) is 8.45. The molecule has 0 heterocycles. The Bertz CT molecular complexity index is 1010. The van der Waals surface area contributed by atoms with Crippen LogP contribution in [0.2, 0.25) is 0 Å². The number of hydrogen-bond donors (Lipinski definition) is 0. The molecule has 0 radical (unpaired) electrons. The Hall–Kier alpha value is -1.82. The largest absolute Gasteiger partial charge is 0.0879 e. The normalized spacial score (nSPS) is 40.5. The number of rotatable bonds is 0. The van der Waals surface area contributed by atoms with Crippen molar-refractivity contribution in [3.63, 3.8) is 0 Å². The van der Waals surface area contributed by atoms with E-state index in [1.165, 1.54) is 25.7 Å². The molecule has 0 bridgehead atoms. The van der Waals surface area contributed by atoms with Gasteiger partial charge in [-0.25, -0.2) is 0 Å². The lowest BCUT2D eigenvalue weighted by Crippen LogP contribution is -2.28. The molecule has 24 heavy (non-hydrogen) atoms. The molecule has 0 saturated heterocycles. The van der Waals surface area contributed by atoms with Crippen LogP contribution in [0.1, 0.15) is 86.9 Å². The van der Waals surface area contributed by atoms with E-state index in [4.69, 9.17) is 0 Å². The maximum absolute atomic E-state index is 2.67. The van der Waals surface area contributed by atoms with E-state index in [0.717, 1.165) is 35.5 Å². The highest BCUT2D eigenvalue weighted by molar-refractivity contribution is 5.94. The van der Waals surface area contributed by atoms with Crippen LogP contribution in [0.25, 0.3) is 11.1 Å². The lowest BCUT2D eigenvalue weighted by molar-refractivity contribution is 0.336. The van der Waals surface area contributed by atoms with E-state index in [1.54, 1.807) is 33.4 Å². The van der Waals surface area contributed by atoms with Gasteiger partial charge in [-0.15, -0.1) is 0 Å². The summed E-state index contributed by atoms with van der Waals surface area (Å²) < 4.78 is 0. The summed E-state index contributed by atoms with van der Waals surface area (Å²) in [4.78, 5) is 0. The van der Waals surface area contributed by atoms with Crippen molar-refractivity contribution >= 4 is 0 Å². The maximum Gasteiger partial charge on any atom is 0.0148 e. The van der Waals surface area contributed by atoms with Crippen molar-refractivity contribution < 1.29 is 0 Å². The van der Waals surface area contributed by atoms with Crippen molar-refractivity contribution in [2.24, 2.45) is 5.92 Å². The Kier molecular flexibility index (Phi) is 1.34. The Morgan fingerprint density at radius 1 is 0.625 bits per heavy atom. The summed E-state index contributed by atoms with van der Waals surface area (Å²) in [6.45, 7) is 0. The monoisotopic (exact) mass is 306 g/mol. The van der Waals surface area contributed by atoms with E-state index in [9.17, 15) is 0 Å². The molecular formula is C24H18. The Morgan fingerprint density at radius 3 is 1.71 bits per heavy atom. The quantitative estimate of drug-likeness (QED) is 0.583. The highest BCUT2D eigenvalue weighted by atomic mass is 14.7. The van der Waals surface area contributed by atoms with Crippen LogP contribution in [-0.2, 0) is 12.8 Å². The zero-order valence-corrected chi connectivity index (χ0v) is 13.6. The van der Waals surface area contributed by atoms with E-state index in [-0.39, 0.29) is 0 Å². The van der Waals surface area contributed by atoms with Gasteiger partial charge in [-0.1, -0.05) is 24.3 Å². The molecular weight excluding hydrogens is 288 g/mol. The maximum atomic E-state index is 2.67. The number of benzene rings is 2. The topological polar surface area (TPSA) is 0 Å². The first-order valence-corrected chi connectivity index (χ1v) is 9.96. The molecule has 2 aromatic rings. The zero-order chi connectivity index (χ0) is 14.9. The van der Waals surface area contributed by atoms with Gasteiger partial charge in [-0.2, -0.15) is 0 Å². The van der Waals surface area contributed by atoms with Crippen molar-refractivity contribution in [2.45, 2.75) is 55.3 Å². The van der Waals surface area contributed by atoms with Gasteiger partial charge in [0.25, 0.3) is 0 Å². The predicted molar refractivity (Wildman–Crippen MR) is 94.0 cm³/mol. The minimum absolute atomic E-state index is 0.761. The van der Waals surface area contributed by atoms with E-state index in [1.807, 2.05) is 22.3 Å². The molecule has 7 aliphatic carbocycles. The predicted octanol–water partition coefficient (Wildman–Crippen LogP) is 5.25. The van der Waals surface area contributed by atoms with Gasteiger partial charge in [0.15, 0.2) is 0 Å². The highest BCUT2D eigenvalue weighted by Crippen LogP contribution is 2.77.